The third-order valence-corrected chi connectivity index (χ3v) is 8.87. The fourth-order valence-electron chi connectivity index (χ4n) is 5.86. The van der Waals surface area contributed by atoms with Crippen molar-refractivity contribution < 1.29 is 14.3 Å². The number of rotatable bonds is 10. The van der Waals surface area contributed by atoms with E-state index in [0.717, 1.165) is 78.8 Å². The lowest BCUT2D eigenvalue weighted by molar-refractivity contribution is 0.0443. The fourth-order valence-corrected chi connectivity index (χ4v) is 5.86. The van der Waals surface area contributed by atoms with Gasteiger partial charge in [0.25, 0.3) is 0 Å². The topological polar surface area (TPSA) is 94.2 Å². The number of anilines is 2. The molecule has 2 N–H and O–H groups in total. The van der Waals surface area contributed by atoms with Crippen LogP contribution < -0.4 is 10.6 Å². The van der Waals surface area contributed by atoms with Crippen LogP contribution in [0.25, 0.3) is 11.3 Å². The largest absolute Gasteiger partial charge is 0.508 e. The summed E-state index contributed by atoms with van der Waals surface area (Å²) in [7, 11) is 0. The van der Waals surface area contributed by atoms with Crippen LogP contribution in [0.4, 0.5) is 16.2 Å². The zero-order valence-corrected chi connectivity index (χ0v) is 27.3. The standard InChI is InChI=1S/C37H40N6O3/c1-23-11-7-13-29(31(23)19-38-33-15-9-17-42-27(5)25(3)40-35(33)42)21-45-37(44)46-22-30-14-8-12-24(2)32(30)20-39-34-16-10-18-43-28(6)26(4)41-36(34)43/h7-18,38-39H,19-22H2,1-6H3. The monoisotopic (exact) mass is 616 g/mol. The first kappa shape index (κ1) is 30.7. The molecule has 0 spiro atoms. The van der Waals surface area contributed by atoms with E-state index < -0.39 is 6.16 Å². The van der Waals surface area contributed by atoms with Gasteiger partial charge in [0.05, 0.1) is 22.8 Å². The molecule has 4 heterocycles. The molecule has 9 nitrogen and oxygen atoms in total. The van der Waals surface area contributed by atoms with Crippen molar-refractivity contribution in [3.05, 3.63) is 129 Å². The highest BCUT2D eigenvalue weighted by Gasteiger charge is 2.15. The Morgan fingerprint density at radius 2 is 1.07 bits per heavy atom. The highest BCUT2D eigenvalue weighted by molar-refractivity contribution is 5.70. The molecule has 2 aromatic carbocycles. The number of aromatic nitrogens is 4. The summed E-state index contributed by atoms with van der Waals surface area (Å²) in [6.45, 7) is 13.6. The Kier molecular flexibility index (Phi) is 8.66. The predicted molar refractivity (Wildman–Crippen MR) is 181 cm³/mol. The summed E-state index contributed by atoms with van der Waals surface area (Å²) >= 11 is 0. The third kappa shape index (κ3) is 6.13. The van der Waals surface area contributed by atoms with Gasteiger partial charge in [0.1, 0.15) is 13.2 Å². The molecule has 6 rings (SSSR count). The average Bonchev–Trinajstić information content (AvgIpc) is 3.51. The van der Waals surface area contributed by atoms with Gasteiger partial charge in [-0.25, -0.2) is 14.8 Å². The van der Waals surface area contributed by atoms with Crippen LogP contribution in [-0.4, -0.2) is 24.9 Å². The molecule has 0 amide bonds. The SMILES string of the molecule is Cc1cccc(COC(=O)OCc2cccc(C)c2CNc2cccn3c(C)c(C)nc23)c1CNc1cccn2c(C)c(C)nc12. The van der Waals surface area contributed by atoms with E-state index in [1.807, 2.05) is 74.8 Å². The van der Waals surface area contributed by atoms with Crippen molar-refractivity contribution in [2.75, 3.05) is 10.6 Å². The predicted octanol–water partition coefficient (Wildman–Crippen LogP) is 7.91. The van der Waals surface area contributed by atoms with E-state index in [1.54, 1.807) is 0 Å². The lowest BCUT2D eigenvalue weighted by atomic mass is 10.0. The van der Waals surface area contributed by atoms with Gasteiger partial charge in [-0.15, -0.1) is 0 Å². The van der Waals surface area contributed by atoms with E-state index in [0.29, 0.717) is 13.1 Å². The second kappa shape index (κ2) is 13.0. The minimum Gasteiger partial charge on any atom is -0.429 e. The molecule has 46 heavy (non-hydrogen) atoms. The maximum absolute atomic E-state index is 12.8. The zero-order valence-electron chi connectivity index (χ0n) is 27.3. The van der Waals surface area contributed by atoms with Gasteiger partial charge in [0, 0.05) is 36.9 Å². The van der Waals surface area contributed by atoms with E-state index in [4.69, 9.17) is 19.4 Å². The number of nitrogens with zero attached hydrogens (tertiary/aromatic N) is 4. The van der Waals surface area contributed by atoms with Crippen molar-refractivity contribution in [3.8, 4) is 0 Å². The molecule has 0 aliphatic carbocycles. The molecule has 0 unspecified atom stereocenters. The number of carbonyl (C=O) groups excluding carboxylic acids is 1. The number of hydrogen-bond donors (Lipinski definition) is 2. The first-order valence-corrected chi connectivity index (χ1v) is 15.5. The van der Waals surface area contributed by atoms with E-state index in [9.17, 15) is 4.79 Å². The average molecular weight is 617 g/mol. The number of ether oxygens (including phenoxy) is 2. The number of hydrogen-bond acceptors (Lipinski definition) is 7. The summed E-state index contributed by atoms with van der Waals surface area (Å²) in [6, 6.07) is 20.1. The van der Waals surface area contributed by atoms with Crippen LogP contribution in [0, 0.1) is 41.5 Å². The second-order valence-corrected chi connectivity index (χ2v) is 11.8. The fraction of sp³-hybridized carbons (Fsp3) is 0.270. The molecular weight excluding hydrogens is 576 g/mol. The molecule has 4 aromatic heterocycles. The Bertz CT molecular complexity index is 1910. The summed E-state index contributed by atoms with van der Waals surface area (Å²) in [5.74, 6) is 0. The van der Waals surface area contributed by atoms with Crippen LogP contribution in [0.15, 0.2) is 73.1 Å². The summed E-state index contributed by atoms with van der Waals surface area (Å²) in [5.41, 5.74) is 14.1. The Balaban J connectivity index is 1.09. The van der Waals surface area contributed by atoms with Gasteiger partial charge in [-0.2, -0.15) is 0 Å². The molecule has 0 aliphatic rings. The Hall–Kier alpha value is -5.31. The molecule has 236 valence electrons. The van der Waals surface area contributed by atoms with Crippen molar-refractivity contribution in [1.82, 2.24) is 18.8 Å². The van der Waals surface area contributed by atoms with Gasteiger partial charge in [-0.05, 0) is 99.2 Å². The molecular formula is C37H40N6O3. The Morgan fingerprint density at radius 1 is 0.630 bits per heavy atom. The van der Waals surface area contributed by atoms with Crippen LogP contribution in [0.5, 0.6) is 0 Å². The number of benzene rings is 2. The van der Waals surface area contributed by atoms with Crippen LogP contribution in [-0.2, 0) is 35.8 Å². The quantitative estimate of drug-likeness (QED) is 0.151. The van der Waals surface area contributed by atoms with Crippen molar-refractivity contribution in [2.24, 2.45) is 0 Å². The van der Waals surface area contributed by atoms with Crippen molar-refractivity contribution in [3.63, 3.8) is 0 Å². The molecule has 6 aromatic rings. The normalized spacial score (nSPS) is 11.3. The molecule has 0 saturated heterocycles. The van der Waals surface area contributed by atoms with E-state index in [2.05, 4.69) is 59.3 Å². The van der Waals surface area contributed by atoms with Crippen molar-refractivity contribution in [1.29, 1.82) is 0 Å². The maximum atomic E-state index is 12.8. The first-order valence-electron chi connectivity index (χ1n) is 15.5. The number of carbonyl (C=O) groups is 1. The lowest BCUT2D eigenvalue weighted by Crippen LogP contribution is -2.12. The second-order valence-electron chi connectivity index (χ2n) is 11.8. The van der Waals surface area contributed by atoms with Crippen LogP contribution >= 0.6 is 0 Å². The number of pyridine rings is 2. The highest BCUT2D eigenvalue weighted by atomic mass is 16.7. The van der Waals surface area contributed by atoms with Crippen molar-refractivity contribution >= 4 is 28.8 Å². The van der Waals surface area contributed by atoms with Crippen molar-refractivity contribution in [2.45, 2.75) is 67.8 Å². The zero-order chi connectivity index (χ0) is 32.4. The van der Waals surface area contributed by atoms with E-state index >= 15 is 0 Å². The van der Waals surface area contributed by atoms with Gasteiger partial charge < -0.3 is 28.9 Å². The van der Waals surface area contributed by atoms with Gasteiger partial charge >= 0.3 is 6.16 Å². The number of fused-ring (bicyclic) bond motifs is 2. The summed E-state index contributed by atoms with van der Waals surface area (Å²) < 4.78 is 15.4. The third-order valence-electron chi connectivity index (χ3n) is 8.87. The smallest absolute Gasteiger partial charge is 0.429 e. The number of aryl methyl sites for hydroxylation is 6. The minimum absolute atomic E-state index is 0.110. The van der Waals surface area contributed by atoms with Gasteiger partial charge in [-0.3, -0.25) is 0 Å². The minimum atomic E-state index is -0.706. The highest BCUT2D eigenvalue weighted by Crippen LogP contribution is 2.24. The van der Waals surface area contributed by atoms with Gasteiger partial charge in [0.2, 0.25) is 0 Å². The molecule has 0 bridgehead atoms. The van der Waals surface area contributed by atoms with Gasteiger partial charge in [-0.1, -0.05) is 36.4 Å². The molecule has 9 heteroatoms. The Labute approximate surface area is 269 Å². The summed E-state index contributed by atoms with van der Waals surface area (Å²) in [6.07, 6.45) is 3.34. The molecule has 0 atom stereocenters. The molecule has 0 radical (unpaired) electrons. The lowest BCUT2D eigenvalue weighted by Gasteiger charge is -2.16. The molecule has 0 saturated carbocycles. The van der Waals surface area contributed by atoms with Crippen LogP contribution in [0.1, 0.15) is 56.2 Å². The Morgan fingerprint density at radius 3 is 1.50 bits per heavy atom. The molecule has 0 aliphatic heterocycles. The first-order chi connectivity index (χ1) is 22.2. The van der Waals surface area contributed by atoms with E-state index in [1.165, 1.54) is 0 Å². The summed E-state index contributed by atoms with van der Waals surface area (Å²) in [4.78, 5) is 22.3. The summed E-state index contributed by atoms with van der Waals surface area (Å²) in [5, 5.41) is 7.09. The number of imidazole rings is 2. The van der Waals surface area contributed by atoms with Crippen LogP contribution in [0.3, 0.4) is 0 Å². The van der Waals surface area contributed by atoms with E-state index in [-0.39, 0.29) is 13.2 Å². The molecule has 0 fully saturated rings. The number of nitrogens with one attached hydrogen (secondary N) is 2. The maximum Gasteiger partial charge on any atom is 0.508 e. The van der Waals surface area contributed by atoms with Gasteiger partial charge in [0.15, 0.2) is 11.3 Å². The van der Waals surface area contributed by atoms with Crippen LogP contribution in [0.2, 0.25) is 0 Å².